The summed E-state index contributed by atoms with van der Waals surface area (Å²) in [5.74, 6) is 0.309. The van der Waals surface area contributed by atoms with E-state index in [0.717, 1.165) is 5.56 Å². The molecule has 2 heterocycles. The van der Waals surface area contributed by atoms with E-state index in [0.29, 0.717) is 18.1 Å². The first kappa shape index (κ1) is 13.5. The lowest BCUT2D eigenvalue weighted by atomic mass is 10.3. The van der Waals surface area contributed by atoms with E-state index in [1.165, 1.54) is 6.20 Å². The van der Waals surface area contributed by atoms with E-state index < -0.39 is 10.0 Å². The summed E-state index contributed by atoms with van der Waals surface area (Å²) in [4.78, 5) is 4.17. The summed E-state index contributed by atoms with van der Waals surface area (Å²) in [6, 6.07) is 3.48. The molecule has 0 aliphatic rings. The van der Waals surface area contributed by atoms with Crippen molar-refractivity contribution >= 4 is 15.8 Å². The van der Waals surface area contributed by atoms with Gasteiger partial charge in [-0.3, -0.25) is 9.40 Å². The lowest BCUT2D eigenvalue weighted by Gasteiger charge is -2.06. The molecular weight excluding hydrogens is 264 g/mol. The molecule has 0 spiro atoms. The van der Waals surface area contributed by atoms with E-state index in [9.17, 15) is 8.42 Å². The molecule has 0 atom stereocenters. The van der Waals surface area contributed by atoms with Crippen molar-refractivity contribution in [2.75, 3.05) is 4.72 Å². The zero-order chi connectivity index (χ0) is 14.0. The third kappa shape index (κ3) is 2.93. The van der Waals surface area contributed by atoms with Gasteiger partial charge in [0, 0.05) is 18.9 Å². The number of aromatic nitrogens is 3. The van der Waals surface area contributed by atoms with Crippen LogP contribution in [0.1, 0.15) is 18.2 Å². The molecule has 102 valence electrons. The smallest absolute Gasteiger partial charge is 0.266 e. The summed E-state index contributed by atoms with van der Waals surface area (Å²) in [6.45, 7) is 6.07. The van der Waals surface area contributed by atoms with Crippen molar-refractivity contribution in [3.63, 3.8) is 0 Å². The number of anilines is 1. The molecule has 0 aliphatic heterocycles. The predicted octanol–water partition coefficient (Wildman–Crippen LogP) is 1.72. The van der Waals surface area contributed by atoms with Gasteiger partial charge >= 0.3 is 0 Å². The highest BCUT2D eigenvalue weighted by molar-refractivity contribution is 7.92. The molecule has 2 aromatic rings. The summed E-state index contributed by atoms with van der Waals surface area (Å²) >= 11 is 0. The first-order valence-electron chi connectivity index (χ1n) is 5.92. The van der Waals surface area contributed by atoms with Crippen molar-refractivity contribution in [1.29, 1.82) is 0 Å². The van der Waals surface area contributed by atoms with Crippen LogP contribution in [0.15, 0.2) is 29.4 Å². The Kier molecular flexibility index (Phi) is 3.57. The van der Waals surface area contributed by atoms with Crippen LogP contribution in [0.3, 0.4) is 0 Å². The van der Waals surface area contributed by atoms with E-state index in [-0.39, 0.29) is 4.90 Å². The number of aryl methyl sites for hydroxylation is 3. The number of hydrogen-bond donors (Lipinski definition) is 1. The molecule has 0 saturated heterocycles. The van der Waals surface area contributed by atoms with Crippen molar-refractivity contribution in [1.82, 2.24) is 14.8 Å². The van der Waals surface area contributed by atoms with Crippen LogP contribution in [-0.4, -0.2) is 23.2 Å². The Bertz CT molecular complexity index is 692. The molecule has 6 nitrogen and oxygen atoms in total. The molecule has 0 aliphatic carbocycles. The van der Waals surface area contributed by atoms with Gasteiger partial charge in [0.1, 0.15) is 10.7 Å². The standard InChI is InChI=1S/C12H16N4O2S/c1-4-16-8-11(10(3)14-16)19(17,18)15-12-7-9(2)5-6-13-12/h5-8H,4H2,1-3H3,(H,13,15). The second-order valence-corrected chi connectivity index (χ2v) is 5.91. The normalized spacial score (nSPS) is 11.5. The number of pyridine rings is 1. The monoisotopic (exact) mass is 280 g/mol. The minimum atomic E-state index is -3.65. The van der Waals surface area contributed by atoms with Gasteiger partial charge in [-0.15, -0.1) is 0 Å². The lowest BCUT2D eigenvalue weighted by molar-refractivity contribution is 0.600. The summed E-state index contributed by atoms with van der Waals surface area (Å²) in [7, 11) is -3.65. The number of hydrogen-bond acceptors (Lipinski definition) is 4. The zero-order valence-electron chi connectivity index (χ0n) is 11.1. The van der Waals surface area contributed by atoms with Gasteiger partial charge in [0.25, 0.3) is 10.0 Å². The van der Waals surface area contributed by atoms with Crippen LogP contribution < -0.4 is 4.72 Å². The van der Waals surface area contributed by atoms with Crippen molar-refractivity contribution in [3.05, 3.63) is 35.8 Å². The maximum atomic E-state index is 12.3. The van der Waals surface area contributed by atoms with Crippen LogP contribution in [0.25, 0.3) is 0 Å². The molecule has 19 heavy (non-hydrogen) atoms. The fraction of sp³-hybridized carbons (Fsp3) is 0.333. The summed E-state index contributed by atoms with van der Waals surface area (Å²) in [5, 5.41) is 4.13. The second-order valence-electron chi connectivity index (χ2n) is 4.26. The molecule has 0 bridgehead atoms. The third-order valence-corrected chi connectivity index (χ3v) is 4.13. The van der Waals surface area contributed by atoms with Gasteiger partial charge in [-0.1, -0.05) is 0 Å². The molecule has 0 unspecified atom stereocenters. The highest BCUT2D eigenvalue weighted by Crippen LogP contribution is 2.17. The van der Waals surface area contributed by atoms with E-state index in [1.807, 2.05) is 13.8 Å². The van der Waals surface area contributed by atoms with E-state index in [1.54, 1.807) is 29.9 Å². The SMILES string of the molecule is CCn1cc(S(=O)(=O)Nc2cc(C)ccn2)c(C)n1. The minimum Gasteiger partial charge on any atom is -0.271 e. The molecule has 0 aromatic carbocycles. The quantitative estimate of drug-likeness (QED) is 0.925. The van der Waals surface area contributed by atoms with Gasteiger partial charge < -0.3 is 0 Å². The van der Waals surface area contributed by atoms with E-state index in [2.05, 4.69) is 14.8 Å². The van der Waals surface area contributed by atoms with Crippen molar-refractivity contribution in [2.45, 2.75) is 32.2 Å². The Labute approximate surface area is 112 Å². The third-order valence-electron chi connectivity index (χ3n) is 2.67. The zero-order valence-corrected chi connectivity index (χ0v) is 11.9. The van der Waals surface area contributed by atoms with Gasteiger partial charge in [-0.25, -0.2) is 13.4 Å². The molecule has 7 heteroatoms. The van der Waals surface area contributed by atoms with Crippen LogP contribution >= 0.6 is 0 Å². The van der Waals surface area contributed by atoms with Gasteiger partial charge in [0.2, 0.25) is 0 Å². The fourth-order valence-corrected chi connectivity index (χ4v) is 2.90. The average molecular weight is 280 g/mol. The maximum Gasteiger partial charge on any atom is 0.266 e. The maximum absolute atomic E-state index is 12.3. The molecule has 1 N–H and O–H groups in total. The number of nitrogens with zero attached hydrogens (tertiary/aromatic N) is 3. The number of sulfonamides is 1. The average Bonchev–Trinajstić information content (AvgIpc) is 2.71. The Morgan fingerprint density at radius 3 is 2.68 bits per heavy atom. The van der Waals surface area contributed by atoms with Gasteiger partial charge in [0.15, 0.2) is 0 Å². The first-order chi connectivity index (χ1) is 8.92. The van der Waals surface area contributed by atoms with Crippen molar-refractivity contribution in [3.8, 4) is 0 Å². The molecule has 0 amide bonds. The van der Waals surface area contributed by atoms with Crippen LogP contribution in [-0.2, 0) is 16.6 Å². The molecule has 0 saturated carbocycles. The van der Waals surface area contributed by atoms with Crippen LogP contribution in [0, 0.1) is 13.8 Å². The lowest BCUT2D eigenvalue weighted by Crippen LogP contribution is -2.14. The van der Waals surface area contributed by atoms with Gasteiger partial charge in [-0.2, -0.15) is 5.10 Å². The van der Waals surface area contributed by atoms with Crippen LogP contribution in [0.2, 0.25) is 0 Å². The van der Waals surface area contributed by atoms with Crippen molar-refractivity contribution < 1.29 is 8.42 Å². The second kappa shape index (κ2) is 5.00. The summed E-state index contributed by atoms with van der Waals surface area (Å²) in [5.41, 5.74) is 1.41. The number of rotatable bonds is 4. The molecule has 0 fully saturated rings. The van der Waals surface area contributed by atoms with Crippen LogP contribution in [0.5, 0.6) is 0 Å². The Hall–Kier alpha value is -1.89. The Morgan fingerprint density at radius 2 is 2.11 bits per heavy atom. The Morgan fingerprint density at radius 1 is 1.37 bits per heavy atom. The number of nitrogens with one attached hydrogen (secondary N) is 1. The van der Waals surface area contributed by atoms with Crippen molar-refractivity contribution in [2.24, 2.45) is 0 Å². The molecule has 2 rings (SSSR count). The van der Waals surface area contributed by atoms with E-state index in [4.69, 9.17) is 0 Å². The summed E-state index contributed by atoms with van der Waals surface area (Å²) in [6.07, 6.45) is 3.09. The van der Waals surface area contributed by atoms with Gasteiger partial charge in [-0.05, 0) is 38.5 Å². The molecular formula is C12H16N4O2S. The highest BCUT2D eigenvalue weighted by Gasteiger charge is 2.20. The molecule has 0 radical (unpaired) electrons. The Balaban J connectivity index is 2.34. The fourth-order valence-electron chi connectivity index (χ4n) is 1.71. The highest BCUT2D eigenvalue weighted by atomic mass is 32.2. The predicted molar refractivity (Wildman–Crippen MR) is 72.4 cm³/mol. The topological polar surface area (TPSA) is 76.9 Å². The van der Waals surface area contributed by atoms with Crippen LogP contribution in [0.4, 0.5) is 5.82 Å². The first-order valence-corrected chi connectivity index (χ1v) is 7.40. The van der Waals surface area contributed by atoms with Gasteiger partial charge in [0.05, 0.1) is 5.69 Å². The molecule has 2 aromatic heterocycles. The van der Waals surface area contributed by atoms with E-state index >= 15 is 0 Å². The summed E-state index contributed by atoms with van der Waals surface area (Å²) < 4.78 is 28.6. The largest absolute Gasteiger partial charge is 0.271 e. The minimum absolute atomic E-state index is 0.178.